The average Bonchev–Trinajstić information content (AvgIpc) is 3.47. The van der Waals surface area contributed by atoms with Gasteiger partial charge in [-0.25, -0.2) is 0 Å². The third kappa shape index (κ3) is 3.99. The molecule has 1 aliphatic heterocycles. The SMILES string of the molecule is Cc1cccc(CN2C(=O)c3ccc(-c4ccco4)n3C[C@@]2(C)C(=O)NC2CCCCC2)c1. The van der Waals surface area contributed by atoms with Crippen molar-refractivity contribution < 1.29 is 14.0 Å². The zero-order valence-corrected chi connectivity index (χ0v) is 19.3. The molecule has 1 N–H and O–H groups in total. The van der Waals surface area contributed by atoms with Gasteiger partial charge in [0.1, 0.15) is 17.0 Å². The maximum atomic E-state index is 13.8. The Bertz CT molecular complexity index is 1160. The molecule has 0 radical (unpaired) electrons. The Hall–Kier alpha value is -3.28. The van der Waals surface area contributed by atoms with E-state index >= 15 is 0 Å². The highest BCUT2D eigenvalue weighted by atomic mass is 16.3. The highest BCUT2D eigenvalue weighted by molar-refractivity contribution is 6.00. The summed E-state index contributed by atoms with van der Waals surface area (Å²) in [5.74, 6) is 0.471. The fourth-order valence-electron chi connectivity index (χ4n) is 5.24. The second-order valence-electron chi connectivity index (χ2n) is 9.63. The van der Waals surface area contributed by atoms with Crippen molar-refractivity contribution >= 4 is 11.8 Å². The lowest BCUT2D eigenvalue weighted by atomic mass is 9.91. The topological polar surface area (TPSA) is 67.5 Å². The average molecular weight is 446 g/mol. The van der Waals surface area contributed by atoms with E-state index < -0.39 is 5.54 Å². The monoisotopic (exact) mass is 445 g/mol. The largest absolute Gasteiger partial charge is 0.463 e. The van der Waals surface area contributed by atoms with Crippen LogP contribution in [0.4, 0.5) is 0 Å². The molecule has 1 atom stereocenters. The Morgan fingerprint density at radius 3 is 2.61 bits per heavy atom. The summed E-state index contributed by atoms with van der Waals surface area (Å²) < 4.78 is 7.56. The summed E-state index contributed by atoms with van der Waals surface area (Å²) in [5.41, 5.74) is 2.53. The minimum Gasteiger partial charge on any atom is -0.463 e. The molecule has 0 unspecified atom stereocenters. The van der Waals surface area contributed by atoms with E-state index in [1.807, 2.05) is 60.9 Å². The molecule has 33 heavy (non-hydrogen) atoms. The van der Waals surface area contributed by atoms with E-state index in [2.05, 4.69) is 11.4 Å². The van der Waals surface area contributed by atoms with E-state index in [4.69, 9.17) is 4.42 Å². The van der Waals surface area contributed by atoms with Crippen molar-refractivity contribution in [3.63, 3.8) is 0 Å². The molecule has 1 saturated carbocycles. The van der Waals surface area contributed by atoms with Crippen LogP contribution in [0.15, 0.2) is 59.2 Å². The number of nitrogens with one attached hydrogen (secondary N) is 1. The summed E-state index contributed by atoms with van der Waals surface area (Å²) in [6.45, 7) is 4.70. The van der Waals surface area contributed by atoms with Gasteiger partial charge in [0.2, 0.25) is 5.91 Å². The zero-order valence-electron chi connectivity index (χ0n) is 19.3. The molecule has 2 aliphatic rings. The van der Waals surface area contributed by atoms with Gasteiger partial charge in [-0.2, -0.15) is 0 Å². The van der Waals surface area contributed by atoms with Gasteiger partial charge in [-0.15, -0.1) is 0 Å². The molecule has 6 heteroatoms. The molecule has 5 rings (SSSR count). The standard InChI is InChI=1S/C27H31N3O3/c1-19-8-6-9-20(16-19)17-30-25(31)23-14-13-22(24-12-7-15-33-24)29(23)18-27(30,2)26(32)28-21-10-4-3-5-11-21/h6-9,12-16,21H,3-5,10-11,17-18H2,1-2H3,(H,28,32)/t27-/m0/s1. The number of amides is 2. The molecular formula is C27H31N3O3. The van der Waals surface area contributed by atoms with Crippen LogP contribution in [0.25, 0.3) is 11.5 Å². The van der Waals surface area contributed by atoms with E-state index in [-0.39, 0.29) is 17.9 Å². The van der Waals surface area contributed by atoms with Crippen molar-refractivity contribution in [2.75, 3.05) is 0 Å². The van der Waals surface area contributed by atoms with Crippen LogP contribution in [0.1, 0.15) is 60.6 Å². The van der Waals surface area contributed by atoms with Crippen LogP contribution in [0, 0.1) is 6.92 Å². The Kier molecular flexibility index (Phi) is 5.60. The third-order valence-electron chi connectivity index (χ3n) is 7.13. The van der Waals surface area contributed by atoms with Crippen molar-refractivity contribution in [2.24, 2.45) is 0 Å². The van der Waals surface area contributed by atoms with Gasteiger partial charge in [-0.05, 0) is 56.5 Å². The second-order valence-corrected chi connectivity index (χ2v) is 9.63. The van der Waals surface area contributed by atoms with Gasteiger partial charge < -0.3 is 19.2 Å². The van der Waals surface area contributed by atoms with Crippen LogP contribution in [0.5, 0.6) is 0 Å². The van der Waals surface area contributed by atoms with Crippen LogP contribution < -0.4 is 5.32 Å². The highest BCUT2D eigenvalue weighted by Gasteiger charge is 2.48. The van der Waals surface area contributed by atoms with Crippen LogP contribution in [0.3, 0.4) is 0 Å². The van der Waals surface area contributed by atoms with E-state index in [0.29, 0.717) is 24.5 Å². The quantitative estimate of drug-likeness (QED) is 0.606. The molecule has 2 aromatic heterocycles. The molecule has 1 aliphatic carbocycles. The first-order valence-electron chi connectivity index (χ1n) is 11.9. The number of aryl methyl sites for hydroxylation is 1. The normalized spacial score (nSPS) is 21.2. The Balaban J connectivity index is 1.53. The number of carbonyl (C=O) groups is 2. The molecule has 0 bridgehead atoms. The molecule has 172 valence electrons. The minimum absolute atomic E-state index is 0.0832. The fraction of sp³-hybridized carbons (Fsp3) is 0.407. The number of nitrogens with zero attached hydrogens (tertiary/aromatic N) is 2. The Morgan fingerprint density at radius 1 is 1.09 bits per heavy atom. The third-order valence-corrected chi connectivity index (χ3v) is 7.13. The lowest BCUT2D eigenvalue weighted by Crippen LogP contribution is -2.64. The lowest BCUT2D eigenvalue weighted by Gasteiger charge is -2.45. The van der Waals surface area contributed by atoms with Gasteiger partial charge in [0, 0.05) is 12.6 Å². The van der Waals surface area contributed by atoms with Crippen molar-refractivity contribution in [2.45, 2.75) is 70.6 Å². The van der Waals surface area contributed by atoms with Crippen LogP contribution in [0.2, 0.25) is 0 Å². The first-order chi connectivity index (χ1) is 16.0. The van der Waals surface area contributed by atoms with Gasteiger partial charge in [0.05, 0.1) is 18.5 Å². The highest BCUT2D eigenvalue weighted by Crippen LogP contribution is 2.34. The Labute approximate surface area is 194 Å². The number of aromatic nitrogens is 1. The molecule has 3 heterocycles. The van der Waals surface area contributed by atoms with Crippen molar-refractivity contribution in [3.8, 4) is 11.5 Å². The molecule has 1 fully saturated rings. The molecule has 0 saturated heterocycles. The number of fused-ring (bicyclic) bond motifs is 1. The number of hydrogen-bond acceptors (Lipinski definition) is 3. The van der Waals surface area contributed by atoms with Crippen LogP contribution in [-0.4, -0.2) is 32.9 Å². The molecular weight excluding hydrogens is 414 g/mol. The lowest BCUT2D eigenvalue weighted by molar-refractivity contribution is -0.134. The van der Waals surface area contributed by atoms with Gasteiger partial charge in [-0.1, -0.05) is 49.1 Å². The number of hydrogen-bond donors (Lipinski definition) is 1. The maximum absolute atomic E-state index is 13.8. The summed E-state index contributed by atoms with van der Waals surface area (Å²) in [5, 5.41) is 3.28. The maximum Gasteiger partial charge on any atom is 0.271 e. The predicted octanol–water partition coefficient (Wildman–Crippen LogP) is 4.92. The van der Waals surface area contributed by atoms with E-state index in [1.165, 1.54) is 6.42 Å². The molecule has 6 nitrogen and oxygen atoms in total. The minimum atomic E-state index is -1.02. The first kappa shape index (κ1) is 21.6. The summed E-state index contributed by atoms with van der Waals surface area (Å²) in [4.78, 5) is 29.3. The summed E-state index contributed by atoms with van der Waals surface area (Å²) in [6.07, 6.45) is 7.12. The number of benzene rings is 1. The predicted molar refractivity (Wildman–Crippen MR) is 127 cm³/mol. The smallest absolute Gasteiger partial charge is 0.271 e. The summed E-state index contributed by atoms with van der Waals surface area (Å²) >= 11 is 0. The van der Waals surface area contributed by atoms with E-state index in [0.717, 1.165) is 42.5 Å². The van der Waals surface area contributed by atoms with Gasteiger partial charge in [-0.3, -0.25) is 9.59 Å². The fourth-order valence-corrected chi connectivity index (χ4v) is 5.24. The number of rotatable bonds is 5. The molecule has 0 spiro atoms. The zero-order chi connectivity index (χ0) is 23.0. The second kappa shape index (κ2) is 8.58. The molecule has 2 amide bonds. The van der Waals surface area contributed by atoms with Gasteiger partial charge in [0.25, 0.3) is 5.91 Å². The molecule has 1 aromatic carbocycles. The Morgan fingerprint density at radius 2 is 1.88 bits per heavy atom. The number of furan rings is 1. The summed E-state index contributed by atoms with van der Waals surface area (Å²) in [7, 11) is 0. The van der Waals surface area contributed by atoms with Crippen LogP contribution in [-0.2, 0) is 17.9 Å². The van der Waals surface area contributed by atoms with E-state index in [1.54, 1.807) is 11.2 Å². The van der Waals surface area contributed by atoms with Crippen molar-refractivity contribution in [1.29, 1.82) is 0 Å². The summed E-state index contributed by atoms with van der Waals surface area (Å²) in [6, 6.07) is 15.8. The van der Waals surface area contributed by atoms with E-state index in [9.17, 15) is 9.59 Å². The van der Waals surface area contributed by atoms with Gasteiger partial charge in [0.15, 0.2) is 0 Å². The van der Waals surface area contributed by atoms with Crippen molar-refractivity contribution in [1.82, 2.24) is 14.8 Å². The number of carbonyl (C=O) groups excluding carboxylic acids is 2. The van der Waals surface area contributed by atoms with Crippen LogP contribution >= 0.6 is 0 Å². The first-order valence-corrected chi connectivity index (χ1v) is 11.9. The van der Waals surface area contributed by atoms with Gasteiger partial charge >= 0.3 is 0 Å². The molecule has 3 aromatic rings. The van der Waals surface area contributed by atoms with Crippen molar-refractivity contribution in [3.05, 3.63) is 71.6 Å².